The van der Waals surface area contributed by atoms with Crippen LogP contribution in [0.2, 0.25) is 0 Å². The second kappa shape index (κ2) is 7.09. The summed E-state index contributed by atoms with van der Waals surface area (Å²) in [4.78, 5) is 16.2. The lowest BCUT2D eigenvalue weighted by Crippen LogP contribution is -2.23. The Kier molecular flexibility index (Phi) is 5.73. The number of carbonyl (C=O) groups is 1. The van der Waals surface area contributed by atoms with Gasteiger partial charge in [0.05, 0.1) is 6.61 Å². The Morgan fingerprint density at radius 2 is 2.18 bits per heavy atom. The molecule has 1 aromatic rings. The number of carbonyl (C=O) groups excluding carboxylic acids is 1. The van der Waals surface area contributed by atoms with Crippen LogP contribution in [0.3, 0.4) is 0 Å². The molecule has 1 heterocycles. The normalized spacial score (nSPS) is 12.4. The Morgan fingerprint density at radius 1 is 1.41 bits per heavy atom. The number of ether oxygens (including phenoxy) is 1. The molecule has 1 unspecified atom stereocenters. The lowest BCUT2D eigenvalue weighted by atomic mass is 10.1. The van der Waals surface area contributed by atoms with Gasteiger partial charge in [-0.3, -0.25) is 0 Å². The third-order valence-corrected chi connectivity index (χ3v) is 2.68. The van der Waals surface area contributed by atoms with E-state index in [0.717, 1.165) is 31.5 Å². The van der Waals surface area contributed by atoms with E-state index in [1.165, 1.54) is 0 Å². The monoisotopic (exact) mass is 238 g/mol. The van der Waals surface area contributed by atoms with Gasteiger partial charge in [0.15, 0.2) is 0 Å². The molecule has 0 spiro atoms. The van der Waals surface area contributed by atoms with Crippen LogP contribution in [0.25, 0.3) is 0 Å². The molecule has 0 radical (unpaired) electrons. The Balaban J connectivity index is 2.88. The highest BCUT2D eigenvalue weighted by molar-refractivity contribution is 5.74. The van der Waals surface area contributed by atoms with Crippen molar-refractivity contribution in [3.05, 3.63) is 18.2 Å². The van der Waals surface area contributed by atoms with Crippen LogP contribution in [-0.2, 0) is 16.0 Å². The number of hydrogen-bond acceptors (Lipinski definition) is 3. The van der Waals surface area contributed by atoms with Gasteiger partial charge < -0.3 is 9.30 Å². The lowest BCUT2D eigenvalue weighted by molar-refractivity contribution is -0.147. The molecule has 4 nitrogen and oxygen atoms in total. The molecule has 17 heavy (non-hydrogen) atoms. The molecular formula is C13H22N2O2. The molecule has 1 atom stereocenters. The van der Waals surface area contributed by atoms with Crippen molar-refractivity contribution in [1.29, 1.82) is 0 Å². The van der Waals surface area contributed by atoms with Crippen LogP contribution < -0.4 is 0 Å². The van der Waals surface area contributed by atoms with Crippen molar-refractivity contribution in [2.75, 3.05) is 6.61 Å². The summed E-state index contributed by atoms with van der Waals surface area (Å²) >= 11 is 0. The second-order valence-electron chi connectivity index (χ2n) is 4.06. The lowest BCUT2D eigenvalue weighted by Gasteiger charge is -2.18. The van der Waals surface area contributed by atoms with E-state index in [0.29, 0.717) is 6.61 Å². The van der Waals surface area contributed by atoms with Crippen LogP contribution in [0.4, 0.5) is 0 Å². The molecule has 1 aromatic heterocycles. The average Bonchev–Trinajstić information content (AvgIpc) is 2.75. The maximum Gasteiger partial charge on any atom is 0.329 e. The van der Waals surface area contributed by atoms with E-state index in [-0.39, 0.29) is 12.0 Å². The number of nitrogens with zero attached hydrogens (tertiary/aromatic N) is 2. The quantitative estimate of drug-likeness (QED) is 0.686. The topological polar surface area (TPSA) is 44.1 Å². The second-order valence-corrected chi connectivity index (χ2v) is 4.06. The fourth-order valence-corrected chi connectivity index (χ4v) is 1.93. The van der Waals surface area contributed by atoms with Crippen molar-refractivity contribution in [3.8, 4) is 0 Å². The summed E-state index contributed by atoms with van der Waals surface area (Å²) in [5.41, 5.74) is 0. The van der Waals surface area contributed by atoms with E-state index in [1.807, 2.05) is 17.7 Å². The van der Waals surface area contributed by atoms with Crippen LogP contribution in [0.1, 0.15) is 51.9 Å². The molecule has 0 fully saturated rings. The Labute approximate surface area is 103 Å². The predicted molar refractivity (Wildman–Crippen MR) is 66.8 cm³/mol. The summed E-state index contributed by atoms with van der Waals surface area (Å²) in [6.07, 6.45) is 7.31. The van der Waals surface area contributed by atoms with Gasteiger partial charge in [-0.25, -0.2) is 9.78 Å². The molecule has 0 aliphatic carbocycles. The molecule has 0 bridgehead atoms. The zero-order valence-electron chi connectivity index (χ0n) is 11.0. The Hall–Kier alpha value is -1.32. The summed E-state index contributed by atoms with van der Waals surface area (Å²) in [5, 5.41) is 0. The first-order valence-electron chi connectivity index (χ1n) is 6.42. The molecule has 0 saturated carbocycles. The minimum absolute atomic E-state index is 0.148. The number of rotatable bonds is 7. The van der Waals surface area contributed by atoms with Gasteiger partial charge in [-0.2, -0.15) is 0 Å². The van der Waals surface area contributed by atoms with Gasteiger partial charge in [-0.1, -0.05) is 20.3 Å². The summed E-state index contributed by atoms with van der Waals surface area (Å²) in [6.45, 7) is 6.44. The van der Waals surface area contributed by atoms with Crippen LogP contribution in [0, 0.1) is 0 Å². The summed E-state index contributed by atoms with van der Waals surface area (Å²) in [7, 11) is 0. The third-order valence-electron chi connectivity index (χ3n) is 2.68. The summed E-state index contributed by atoms with van der Waals surface area (Å²) in [5.74, 6) is 0.823. The molecule has 0 amide bonds. The van der Waals surface area contributed by atoms with Gasteiger partial charge in [0, 0.05) is 18.8 Å². The highest BCUT2D eigenvalue weighted by Crippen LogP contribution is 2.18. The first kappa shape index (κ1) is 13.7. The molecule has 1 rings (SSSR count). The Bertz CT molecular complexity index is 347. The first-order chi connectivity index (χ1) is 8.24. The average molecular weight is 238 g/mol. The maximum atomic E-state index is 11.9. The minimum Gasteiger partial charge on any atom is -0.464 e. The van der Waals surface area contributed by atoms with Crippen LogP contribution >= 0.6 is 0 Å². The van der Waals surface area contributed by atoms with Gasteiger partial charge in [0.1, 0.15) is 11.9 Å². The van der Waals surface area contributed by atoms with Crippen LogP contribution in [0.15, 0.2) is 12.4 Å². The first-order valence-corrected chi connectivity index (χ1v) is 6.42. The zero-order chi connectivity index (χ0) is 12.7. The highest BCUT2D eigenvalue weighted by atomic mass is 16.5. The molecule has 96 valence electrons. The van der Waals surface area contributed by atoms with Gasteiger partial charge in [0.25, 0.3) is 0 Å². The van der Waals surface area contributed by atoms with Crippen molar-refractivity contribution in [2.24, 2.45) is 0 Å². The van der Waals surface area contributed by atoms with Crippen molar-refractivity contribution >= 4 is 5.97 Å². The van der Waals surface area contributed by atoms with Gasteiger partial charge >= 0.3 is 5.97 Å². The Morgan fingerprint density at radius 3 is 2.76 bits per heavy atom. The van der Waals surface area contributed by atoms with E-state index in [1.54, 1.807) is 6.20 Å². The van der Waals surface area contributed by atoms with Crippen LogP contribution in [-0.4, -0.2) is 22.1 Å². The van der Waals surface area contributed by atoms with Crippen LogP contribution in [0.5, 0.6) is 0 Å². The van der Waals surface area contributed by atoms with Gasteiger partial charge in [-0.05, 0) is 19.8 Å². The van der Waals surface area contributed by atoms with E-state index >= 15 is 0 Å². The molecule has 4 heteroatoms. The van der Waals surface area contributed by atoms with E-state index in [4.69, 9.17) is 4.74 Å². The molecular weight excluding hydrogens is 216 g/mol. The van der Waals surface area contributed by atoms with Gasteiger partial charge in [0.2, 0.25) is 0 Å². The van der Waals surface area contributed by atoms with Crippen molar-refractivity contribution in [2.45, 2.75) is 52.5 Å². The molecule has 0 aliphatic rings. The number of esters is 1. The number of hydrogen-bond donors (Lipinski definition) is 0. The molecule has 0 aliphatic heterocycles. The zero-order valence-corrected chi connectivity index (χ0v) is 11.0. The fourth-order valence-electron chi connectivity index (χ4n) is 1.93. The summed E-state index contributed by atoms with van der Waals surface area (Å²) < 4.78 is 7.09. The third kappa shape index (κ3) is 3.58. The van der Waals surface area contributed by atoms with Crippen molar-refractivity contribution in [3.63, 3.8) is 0 Å². The van der Waals surface area contributed by atoms with E-state index in [9.17, 15) is 4.79 Å². The SMILES string of the molecule is CCCc1nccn1C(CCC)C(=O)OCC. The summed E-state index contributed by atoms with van der Waals surface area (Å²) in [6, 6.07) is -0.219. The molecule has 0 N–H and O–H groups in total. The highest BCUT2D eigenvalue weighted by Gasteiger charge is 2.22. The van der Waals surface area contributed by atoms with E-state index < -0.39 is 0 Å². The molecule has 0 saturated heterocycles. The molecule has 0 aromatic carbocycles. The number of aryl methyl sites for hydroxylation is 1. The number of aromatic nitrogens is 2. The van der Waals surface area contributed by atoms with E-state index in [2.05, 4.69) is 18.8 Å². The van der Waals surface area contributed by atoms with Crippen molar-refractivity contribution < 1.29 is 9.53 Å². The fraction of sp³-hybridized carbons (Fsp3) is 0.692. The van der Waals surface area contributed by atoms with Crippen molar-refractivity contribution in [1.82, 2.24) is 9.55 Å². The minimum atomic E-state index is -0.219. The van der Waals surface area contributed by atoms with Gasteiger partial charge in [-0.15, -0.1) is 0 Å². The predicted octanol–water partition coefficient (Wildman–Crippen LogP) is 2.74. The smallest absolute Gasteiger partial charge is 0.329 e. The largest absolute Gasteiger partial charge is 0.464 e. The number of imidazole rings is 1. The standard InChI is InChI=1S/C13H22N2O2/c1-4-7-11(13(16)17-6-3)15-10-9-14-12(15)8-5-2/h9-11H,4-8H2,1-3H3. The maximum absolute atomic E-state index is 11.9.